The molecule has 0 spiro atoms. The molecule has 2 heterocycles. The van der Waals surface area contributed by atoms with Gasteiger partial charge >= 0.3 is 0 Å². The maximum absolute atomic E-state index is 13.7. The van der Waals surface area contributed by atoms with Crippen molar-refractivity contribution in [2.45, 2.75) is 32.7 Å². The molecule has 1 aromatic carbocycles. The lowest BCUT2D eigenvalue weighted by atomic mass is 9.87. The van der Waals surface area contributed by atoms with Crippen LogP contribution in [0.2, 0.25) is 0 Å². The zero-order valence-corrected chi connectivity index (χ0v) is 14.6. The minimum atomic E-state index is -0.412. The Labute approximate surface area is 146 Å². The summed E-state index contributed by atoms with van der Waals surface area (Å²) in [5, 5.41) is 8.03. The van der Waals surface area contributed by atoms with Crippen LogP contribution in [0.3, 0.4) is 0 Å². The summed E-state index contributed by atoms with van der Waals surface area (Å²) in [6.45, 7) is 7.48. The Bertz CT molecular complexity index is 854. The van der Waals surface area contributed by atoms with Crippen molar-refractivity contribution in [3.63, 3.8) is 0 Å². The van der Waals surface area contributed by atoms with Crippen molar-refractivity contribution in [3.05, 3.63) is 60.3 Å². The zero-order chi connectivity index (χ0) is 17.9. The highest BCUT2D eigenvalue weighted by Crippen LogP contribution is 2.25. The van der Waals surface area contributed by atoms with Gasteiger partial charge < -0.3 is 4.74 Å². The third kappa shape index (κ3) is 4.21. The summed E-state index contributed by atoms with van der Waals surface area (Å²) in [6, 6.07) is 9.67. The Kier molecular flexibility index (Phi) is 4.79. The number of halogens is 1. The molecular weight excluding hydrogens is 319 g/mol. The smallest absolute Gasteiger partial charge is 0.150 e. The molecule has 2 aromatic heterocycles. The molecule has 3 rings (SSSR count). The monoisotopic (exact) mass is 340 g/mol. The Morgan fingerprint density at radius 2 is 2.04 bits per heavy atom. The maximum Gasteiger partial charge on any atom is 0.150 e. The lowest BCUT2D eigenvalue weighted by Crippen LogP contribution is -2.12. The van der Waals surface area contributed by atoms with E-state index in [4.69, 9.17) is 4.74 Å². The number of ether oxygens (including phenoxy) is 1. The molecule has 0 aliphatic carbocycles. The fourth-order valence-electron chi connectivity index (χ4n) is 2.42. The third-order valence-electron chi connectivity index (χ3n) is 3.88. The van der Waals surface area contributed by atoms with Crippen LogP contribution in [0.4, 0.5) is 4.39 Å². The molecule has 25 heavy (non-hydrogen) atoms. The van der Waals surface area contributed by atoms with Crippen molar-refractivity contribution < 1.29 is 9.13 Å². The van der Waals surface area contributed by atoms with Crippen molar-refractivity contribution in [1.82, 2.24) is 20.0 Å². The maximum atomic E-state index is 13.7. The van der Waals surface area contributed by atoms with Gasteiger partial charge in [0.2, 0.25) is 0 Å². The number of aromatic nitrogens is 4. The molecule has 0 radical (unpaired) electrons. The number of hydrogen-bond acceptors (Lipinski definition) is 4. The summed E-state index contributed by atoms with van der Waals surface area (Å²) >= 11 is 0. The second-order valence-corrected chi connectivity index (χ2v) is 6.85. The standard InChI is InChI=1S/C19H21FN4O/c1-19(2,3)14-5-4-6-15(11-14)25-10-9-24-13-18(22-23-24)16-7-8-21-12-17(16)20/h4-8,11-13H,9-10H2,1-3H3. The van der Waals surface area contributed by atoms with Crippen LogP contribution < -0.4 is 4.74 Å². The first-order valence-corrected chi connectivity index (χ1v) is 8.17. The van der Waals surface area contributed by atoms with Gasteiger partial charge in [0.15, 0.2) is 5.82 Å². The van der Waals surface area contributed by atoms with Gasteiger partial charge in [-0.1, -0.05) is 38.1 Å². The normalized spacial score (nSPS) is 11.5. The van der Waals surface area contributed by atoms with E-state index in [9.17, 15) is 4.39 Å². The first-order chi connectivity index (χ1) is 11.9. The molecule has 0 fully saturated rings. The van der Waals surface area contributed by atoms with Gasteiger partial charge in [0.1, 0.15) is 18.1 Å². The summed E-state index contributed by atoms with van der Waals surface area (Å²) < 4.78 is 21.2. The van der Waals surface area contributed by atoms with E-state index >= 15 is 0 Å². The predicted octanol–water partition coefficient (Wildman–Crippen LogP) is 3.86. The van der Waals surface area contributed by atoms with Crippen molar-refractivity contribution in [2.75, 3.05) is 6.61 Å². The third-order valence-corrected chi connectivity index (χ3v) is 3.88. The molecule has 0 aliphatic rings. The van der Waals surface area contributed by atoms with Crippen molar-refractivity contribution >= 4 is 0 Å². The predicted molar refractivity (Wildman–Crippen MR) is 93.8 cm³/mol. The highest BCUT2D eigenvalue weighted by Gasteiger charge is 2.14. The minimum absolute atomic E-state index is 0.0782. The SMILES string of the molecule is CC(C)(C)c1cccc(OCCn2cc(-c3ccncc3F)nn2)c1. The Morgan fingerprint density at radius 3 is 2.80 bits per heavy atom. The van der Waals surface area contributed by atoms with Gasteiger partial charge in [-0.25, -0.2) is 9.07 Å². The molecule has 130 valence electrons. The number of rotatable bonds is 5. The Morgan fingerprint density at radius 1 is 1.20 bits per heavy atom. The number of nitrogens with zero attached hydrogens (tertiary/aromatic N) is 4. The summed E-state index contributed by atoms with van der Waals surface area (Å²) in [5.41, 5.74) is 2.17. The lowest BCUT2D eigenvalue weighted by Gasteiger charge is -2.19. The Hall–Kier alpha value is -2.76. The van der Waals surface area contributed by atoms with Crippen molar-refractivity contribution in [3.8, 4) is 17.0 Å². The van der Waals surface area contributed by atoms with Gasteiger partial charge in [0.25, 0.3) is 0 Å². The van der Waals surface area contributed by atoms with Gasteiger partial charge in [0.05, 0.1) is 18.9 Å². The quantitative estimate of drug-likeness (QED) is 0.708. The van der Waals surface area contributed by atoms with Crippen molar-refractivity contribution in [1.29, 1.82) is 0 Å². The first kappa shape index (κ1) is 17.1. The van der Waals surface area contributed by atoms with E-state index in [-0.39, 0.29) is 5.41 Å². The molecule has 0 amide bonds. The van der Waals surface area contributed by atoms with E-state index in [1.807, 2.05) is 12.1 Å². The molecule has 3 aromatic rings. The number of pyridine rings is 1. The molecule has 0 saturated heterocycles. The van der Waals surface area contributed by atoms with E-state index in [0.717, 1.165) is 5.75 Å². The van der Waals surface area contributed by atoms with E-state index in [1.165, 1.54) is 18.0 Å². The molecule has 0 bridgehead atoms. The summed E-state index contributed by atoms with van der Waals surface area (Å²) in [7, 11) is 0. The van der Waals surface area contributed by atoms with E-state index in [2.05, 4.69) is 48.2 Å². The van der Waals surface area contributed by atoms with Crippen LogP contribution in [-0.4, -0.2) is 26.6 Å². The molecule has 0 unspecified atom stereocenters. The second kappa shape index (κ2) is 7.01. The minimum Gasteiger partial charge on any atom is -0.492 e. The first-order valence-electron chi connectivity index (χ1n) is 8.17. The van der Waals surface area contributed by atoms with Gasteiger partial charge in [-0.2, -0.15) is 0 Å². The summed E-state index contributed by atoms with van der Waals surface area (Å²) in [6.07, 6.45) is 4.40. The molecule has 0 saturated carbocycles. The Balaban J connectivity index is 1.61. The van der Waals surface area contributed by atoms with E-state index in [1.54, 1.807) is 16.9 Å². The molecule has 6 heteroatoms. The average Bonchev–Trinajstić information content (AvgIpc) is 3.03. The number of hydrogen-bond donors (Lipinski definition) is 0. The van der Waals surface area contributed by atoms with Crippen LogP contribution in [0.5, 0.6) is 5.75 Å². The van der Waals surface area contributed by atoms with Gasteiger partial charge in [-0.3, -0.25) is 4.98 Å². The molecule has 0 atom stereocenters. The molecular formula is C19H21FN4O. The highest BCUT2D eigenvalue weighted by molar-refractivity contribution is 5.57. The fraction of sp³-hybridized carbons (Fsp3) is 0.316. The lowest BCUT2D eigenvalue weighted by molar-refractivity contribution is 0.289. The highest BCUT2D eigenvalue weighted by atomic mass is 19.1. The molecule has 5 nitrogen and oxygen atoms in total. The van der Waals surface area contributed by atoms with Crippen LogP contribution in [0.25, 0.3) is 11.3 Å². The molecule has 0 N–H and O–H groups in total. The summed E-state index contributed by atoms with van der Waals surface area (Å²) in [5.74, 6) is 0.415. The van der Waals surface area contributed by atoms with Gasteiger partial charge in [-0.05, 0) is 29.2 Å². The van der Waals surface area contributed by atoms with E-state index in [0.29, 0.717) is 24.4 Å². The van der Waals surface area contributed by atoms with Gasteiger partial charge in [-0.15, -0.1) is 5.10 Å². The second-order valence-electron chi connectivity index (χ2n) is 6.85. The van der Waals surface area contributed by atoms with Crippen LogP contribution >= 0.6 is 0 Å². The van der Waals surface area contributed by atoms with E-state index < -0.39 is 5.82 Å². The van der Waals surface area contributed by atoms with Crippen LogP contribution in [0.1, 0.15) is 26.3 Å². The molecule has 0 aliphatic heterocycles. The van der Waals surface area contributed by atoms with Crippen molar-refractivity contribution in [2.24, 2.45) is 0 Å². The fourth-order valence-corrected chi connectivity index (χ4v) is 2.42. The summed E-state index contributed by atoms with van der Waals surface area (Å²) in [4.78, 5) is 3.73. The number of benzene rings is 1. The van der Waals surface area contributed by atoms with Gasteiger partial charge in [0, 0.05) is 11.8 Å². The van der Waals surface area contributed by atoms with Crippen LogP contribution in [0, 0.1) is 5.82 Å². The topological polar surface area (TPSA) is 52.8 Å². The van der Waals surface area contributed by atoms with Crippen LogP contribution in [0.15, 0.2) is 48.9 Å². The average molecular weight is 340 g/mol. The largest absolute Gasteiger partial charge is 0.492 e. The van der Waals surface area contributed by atoms with Crippen LogP contribution in [-0.2, 0) is 12.0 Å². The zero-order valence-electron chi connectivity index (χ0n) is 14.6.